The summed E-state index contributed by atoms with van der Waals surface area (Å²) in [6, 6.07) is 14.8. The Labute approximate surface area is 122 Å². The van der Waals surface area contributed by atoms with Crippen LogP contribution >= 0.6 is 31.9 Å². The van der Waals surface area contributed by atoms with Crippen molar-refractivity contribution in [2.45, 2.75) is 4.83 Å². The molecule has 0 spiro atoms. The van der Waals surface area contributed by atoms with Crippen LogP contribution in [0.5, 0.6) is 0 Å². The number of alkyl halides is 1. The molecular formula is C14H10Br2O2. The second-order valence-corrected chi connectivity index (χ2v) is 5.64. The summed E-state index contributed by atoms with van der Waals surface area (Å²) in [4.78, 5) is 11.1. The molecule has 2 rings (SSSR count). The number of benzene rings is 2. The van der Waals surface area contributed by atoms with Crippen LogP contribution in [0, 0.1) is 0 Å². The van der Waals surface area contributed by atoms with Gasteiger partial charge in [0.25, 0.3) is 0 Å². The molecule has 0 aromatic heterocycles. The van der Waals surface area contributed by atoms with Gasteiger partial charge in [0.05, 0.1) is 10.4 Å². The van der Waals surface area contributed by atoms with Crippen molar-refractivity contribution in [2.24, 2.45) is 0 Å². The van der Waals surface area contributed by atoms with Gasteiger partial charge in [0.1, 0.15) is 0 Å². The van der Waals surface area contributed by atoms with E-state index in [0.717, 1.165) is 15.6 Å². The summed E-state index contributed by atoms with van der Waals surface area (Å²) < 4.78 is 0.998. The van der Waals surface area contributed by atoms with E-state index >= 15 is 0 Å². The van der Waals surface area contributed by atoms with Crippen molar-refractivity contribution in [3.05, 3.63) is 69.7 Å². The molecule has 4 heteroatoms. The van der Waals surface area contributed by atoms with Gasteiger partial charge in [0.15, 0.2) is 0 Å². The first-order chi connectivity index (χ1) is 8.59. The first-order valence-corrected chi connectivity index (χ1v) is 7.02. The number of rotatable bonds is 3. The largest absolute Gasteiger partial charge is 0.478 e. The van der Waals surface area contributed by atoms with E-state index in [1.54, 1.807) is 12.1 Å². The van der Waals surface area contributed by atoms with Crippen LogP contribution in [-0.4, -0.2) is 11.1 Å². The molecule has 0 amide bonds. The molecule has 1 atom stereocenters. The number of carboxylic acid groups (broad SMARTS) is 1. The van der Waals surface area contributed by atoms with Crippen molar-refractivity contribution >= 4 is 37.8 Å². The van der Waals surface area contributed by atoms with Gasteiger partial charge in [-0.05, 0) is 29.3 Å². The van der Waals surface area contributed by atoms with Gasteiger partial charge in [0, 0.05) is 4.47 Å². The van der Waals surface area contributed by atoms with Crippen LogP contribution in [-0.2, 0) is 0 Å². The van der Waals surface area contributed by atoms with E-state index in [1.807, 2.05) is 36.4 Å². The summed E-state index contributed by atoms with van der Waals surface area (Å²) >= 11 is 6.94. The summed E-state index contributed by atoms with van der Waals surface area (Å²) in [5, 5.41) is 9.18. The van der Waals surface area contributed by atoms with E-state index in [0.29, 0.717) is 5.56 Å². The minimum absolute atomic E-state index is 0.127. The van der Waals surface area contributed by atoms with Crippen molar-refractivity contribution in [3.8, 4) is 0 Å². The normalized spacial score (nSPS) is 12.1. The predicted octanol–water partition coefficient (Wildman–Crippen LogP) is 4.63. The molecule has 92 valence electrons. The topological polar surface area (TPSA) is 37.3 Å². The zero-order chi connectivity index (χ0) is 13.1. The summed E-state index contributed by atoms with van der Waals surface area (Å²) in [5.41, 5.74) is 2.10. The second kappa shape index (κ2) is 5.67. The van der Waals surface area contributed by atoms with Crippen molar-refractivity contribution in [3.63, 3.8) is 0 Å². The molecular weight excluding hydrogens is 360 g/mol. The number of aromatic carboxylic acids is 1. The highest BCUT2D eigenvalue weighted by atomic mass is 79.9. The lowest BCUT2D eigenvalue weighted by Gasteiger charge is -2.13. The van der Waals surface area contributed by atoms with Gasteiger partial charge in [-0.3, -0.25) is 0 Å². The number of carbonyl (C=O) groups is 1. The monoisotopic (exact) mass is 368 g/mol. The molecule has 0 aliphatic carbocycles. The van der Waals surface area contributed by atoms with E-state index in [2.05, 4.69) is 31.9 Å². The Hall–Kier alpha value is -1.13. The Morgan fingerprint density at radius 1 is 1.06 bits per heavy atom. The molecule has 0 radical (unpaired) electrons. The minimum Gasteiger partial charge on any atom is -0.478 e. The summed E-state index contributed by atoms with van der Waals surface area (Å²) in [5.74, 6) is -0.910. The maximum Gasteiger partial charge on any atom is 0.336 e. The molecule has 0 heterocycles. The zero-order valence-corrected chi connectivity index (χ0v) is 12.5. The van der Waals surface area contributed by atoms with Crippen molar-refractivity contribution in [1.82, 2.24) is 0 Å². The molecule has 2 nitrogen and oxygen atoms in total. The van der Waals surface area contributed by atoms with Crippen LogP contribution in [0.3, 0.4) is 0 Å². The summed E-state index contributed by atoms with van der Waals surface area (Å²) in [6.07, 6.45) is 0. The van der Waals surface area contributed by atoms with Gasteiger partial charge >= 0.3 is 5.97 Å². The van der Waals surface area contributed by atoms with Crippen LogP contribution in [0.15, 0.2) is 53.0 Å². The fourth-order valence-electron chi connectivity index (χ4n) is 1.72. The Morgan fingerprint density at radius 2 is 1.67 bits per heavy atom. The predicted molar refractivity (Wildman–Crippen MR) is 78.3 cm³/mol. The summed E-state index contributed by atoms with van der Waals surface area (Å²) in [7, 11) is 0. The van der Waals surface area contributed by atoms with Crippen LogP contribution in [0.2, 0.25) is 0 Å². The van der Waals surface area contributed by atoms with Crippen LogP contribution in [0.4, 0.5) is 0 Å². The maximum atomic E-state index is 11.2. The standard InChI is InChI=1S/C14H10Br2O2/c15-10-7-5-9(6-8-10)13(16)11-3-1-2-4-12(11)14(17)18/h1-8,13H,(H,17,18)/t13-/m0/s1. The highest BCUT2D eigenvalue weighted by Gasteiger charge is 2.17. The molecule has 2 aromatic carbocycles. The maximum absolute atomic E-state index is 11.2. The van der Waals surface area contributed by atoms with E-state index in [4.69, 9.17) is 0 Å². The third-order valence-electron chi connectivity index (χ3n) is 2.63. The molecule has 0 aliphatic heterocycles. The molecule has 0 bridgehead atoms. The third-order valence-corrected chi connectivity index (χ3v) is 4.18. The fraction of sp³-hybridized carbons (Fsp3) is 0.0714. The SMILES string of the molecule is O=C(O)c1ccccc1[C@@H](Br)c1ccc(Br)cc1. The highest BCUT2D eigenvalue weighted by Crippen LogP contribution is 2.33. The quantitative estimate of drug-likeness (QED) is 0.800. The lowest BCUT2D eigenvalue weighted by molar-refractivity contribution is 0.0696. The number of carboxylic acids is 1. The number of hydrogen-bond acceptors (Lipinski definition) is 1. The Bertz CT molecular complexity index is 564. The van der Waals surface area contributed by atoms with Crippen LogP contribution in [0.1, 0.15) is 26.3 Å². The molecule has 0 saturated carbocycles. The smallest absolute Gasteiger partial charge is 0.336 e. The first kappa shape index (κ1) is 13.3. The minimum atomic E-state index is -0.910. The van der Waals surface area contributed by atoms with Gasteiger partial charge in [-0.2, -0.15) is 0 Å². The molecule has 18 heavy (non-hydrogen) atoms. The molecule has 0 aliphatic rings. The van der Waals surface area contributed by atoms with Gasteiger partial charge in [-0.15, -0.1) is 0 Å². The van der Waals surface area contributed by atoms with Crippen LogP contribution in [0.25, 0.3) is 0 Å². The molecule has 2 aromatic rings. The third kappa shape index (κ3) is 2.82. The zero-order valence-electron chi connectivity index (χ0n) is 9.31. The molecule has 1 N–H and O–H groups in total. The van der Waals surface area contributed by atoms with E-state index in [-0.39, 0.29) is 4.83 Å². The fourth-order valence-corrected chi connectivity index (χ4v) is 2.69. The Balaban J connectivity index is 2.42. The average molecular weight is 370 g/mol. The van der Waals surface area contributed by atoms with Crippen molar-refractivity contribution < 1.29 is 9.90 Å². The number of hydrogen-bond donors (Lipinski definition) is 1. The van der Waals surface area contributed by atoms with E-state index < -0.39 is 5.97 Å². The summed E-state index contributed by atoms with van der Waals surface area (Å²) in [6.45, 7) is 0. The van der Waals surface area contributed by atoms with Gasteiger partial charge < -0.3 is 5.11 Å². The van der Waals surface area contributed by atoms with Crippen molar-refractivity contribution in [1.29, 1.82) is 0 Å². The van der Waals surface area contributed by atoms with Crippen LogP contribution < -0.4 is 0 Å². The lowest BCUT2D eigenvalue weighted by atomic mass is 10.00. The molecule has 0 saturated heterocycles. The Kier molecular flexibility index (Phi) is 4.19. The van der Waals surface area contributed by atoms with Gasteiger partial charge in [-0.25, -0.2) is 4.79 Å². The first-order valence-electron chi connectivity index (χ1n) is 5.31. The van der Waals surface area contributed by atoms with Gasteiger partial charge in [-0.1, -0.05) is 62.2 Å². The average Bonchev–Trinajstić information content (AvgIpc) is 2.39. The van der Waals surface area contributed by atoms with Gasteiger partial charge in [0.2, 0.25) is 0 Å². The highest BCUT2D eigenvalue weighted by molar-refractivity contribution is 9.10. The van der Waals surface area contributed by atoms with E-state index in [9.17, 15) is 9.90 Å². The van der Waals surface area contributed by atoms with E-state index in [1.165, 1.54) is 0 Å². The molecule has 0 unspecified atom stereocenters. The molecule has 0 fully saturated rings. The second-order valence-electron chi connectivity index (χ2n) is 3.81. The van der Waals surface area contributed by atoms with Crippen molar-refractivity contribution in [2.75, 3.05) is 0 Å². The Morgan fingerprint density at radius 3 is 2.28 bits per heavy atom. The number of halogens is 2. The lowest BCUT2D eigenvalue weighted by Crippen LogP contribution is -2.04.